The molecule has 4 nitrogen and oxygen atoms in total. The van der Waals surface area contributed by atoms with E-state index in [9.17, 15) is 4.79 Å². The van der Waals surface area contributed by atoms with Gasteiger partial charge in [-0.2, -0.15) is 5.10 Å². The Labute approximate surface area is 132 Å². The Bertz CT molecular complexity index is 627. The summed E-state index contributed by atoms with van der Waals surface area (Å²) in [6, 6.07) is 10.2. The molecule has 0 radical (unpaired) electrons. The fraction of sp³-hybridized carbons (Fsp3) is 0.444. The Kier molecular flexibility index (Phi) is 5.36. The Morgan fingerprint density at radius 2 is 1.82 bits per heavy atom. The molecule has 0 saturated carbocycles. The lowest BCUT2D eigenvalue weighted by Gasteiger charge is -2.13. The highest BCUT2D eigenvalue weighted by molar-refractivity contribution is 5.93. The Balaban J connectivity index is 2.18. The van der Waals surface area contributed by atoms with Crippen LogP contribution in [0.15, 0.2) is 30.3 Å². The normalized spacial score (nSPS) is 11.0. The average molecular weight is 299 g/mol. The summed E-state index contributed by atoms with van der Waals surface area (Å²) in [6.45, 7) is 8.76. The number of nitrogens with zero attached hydrogens (tertiary/aromatic N) is 2. The van der Waals surface area contributed by atoms with E-state index in [1.54, 1.807) is 0 Å². The Morgan fingerprint density at radius 1 is 1.18 bits per heavy atom. The molecule has 0 aliphatic heterocycles. The summed E-state index contributed by atoms with van der Waals surface area (Å²) in [7, 11) is 0. The van der Waals surface area contributed by atoms with Crippen LogP contribution in [0.3, 0.4) is 0 Å². The smallest absolute Gasteiger partial charge is 0.227 e. The zero-order chi connectivity index (χ0) is 16.1. The van der Waals surface area contributed by atoms with Crippen molar-refractivity contribution in [3.05, 3.63) is 47.3 Å². The van der Waals surface area contributed by atoms with Gasteiger partial charge in [-0.25, -0.2) is 0 Å². The molecule has 1 heterocycles. The first-order valence-corrected chi connectivity index (χ1v) is 7.95. The second kappa shape index (κ2) is 7.25. The molecule has 0 bridgehead atoms. The lowest BCUT2D eigenvalue weighted by atomic mass is 10.0. The quantitative estimate of drug-likeness (QED) is 0.878. The maximum absolute atomic E-state index is 12.3. The van der Waals surface area contributed by atoms with Gasteiger partial charge in [0.25, 0.3) is 0 Å². The van der Waals surface area contributed by atoms with Crippen LogP contribution >= 0.6 is 0 Å². The van der Waals surface area contributed by atoms with Crippen LogP contribution in [0.4, 0.5) is 5.69 Å². The number of carbonyl (C=O) groups excluding carboxylic acids is 1. The van der Waals surface area contributed by atoms with Crippen molar-refractivity contribution in [2.75, 3.05) is 5.32 Å². The number of anilines is 1. The molecule has 0 spiro atoms. The number of benzene rings is 1. The Morgan fingerprint density at radius 3 is 2.41 bits per heavy atom. The van der Waals surface area contributed by atoms with E-state index >= 15 is 0 Å². The number of carbonyl (C=O) groups is 1. The summed E-state index contributed by atoms with van der Waals surface area (Å²) in [6.07, 6.45) is 1.72. The molecule has 118 valence electrons. The van der Waals surface area contributed by atoms with Crippen LogP contribution in [0, 0.1) is 19.8 Å². The minimum absolute atomic E-state index is 0.0660. The number of rotatable bonds is 6. The van der Waals surface area contributed by atoms with Crippen LogP contribution in [0.5, 0.6) is 0 Å². The summed E-state index contributed by atoms with van der Waals surface area (Å²) >= 11 is 0. The zero-order valence-corrected chi connectivity index (χ0v) is 13.9. The van der Waals surface area contributed by atoms with Crippen molar-refractivity contribution in [3.63, 3.8) is 0 Å². The van der Waals surface area contributed by atoms with Gasteiger partial charge in [-0.15, -0.1) is 0 Å². The second-order valence-electron chi connectivity index (χ2n) is 5.69. The van der Waals surface area contributed by atoms with Crippen LogP contribution in [-0.4, -0.2) is 15.7 Å². The number of aryl methyl sites for hydroxylation is 1. The van der Waals surface area contributed by atoms with Gasteiger partial charge in [0.15, 0.2) is 0 Å². The van der Waals surface area contributed by atoms with E-state index in [2.05, 4.69) is 22.5 Å². The first-order chi connectivity index (χ1) is 10.6. The van der Waals surface area contributed by atoms with Gasteiger partial charge in [-0.3, -0.25) is 9.48 Å². The van der Waals surface area contributed by atoms with Gasteiger partial charge in [-0.05, 0) is 32.3 Å². The Hall–Kier alpha value is -2.10. The number of aromatic nitrogens is 2. The molecule has 0 unspecified atom stereocenters. The molecule has 22 heavy (non-hydrogen) atoms. The van der Waals surface area contributed by atoms with Crippen molar-refractivity contribution < 1.29 is 4.79 Å². The van der Waals surface area contributed by atoms with E-state index < -0.39 is 0 Å². The fourth-order valence-corrected chi connectivity index (χ4v) is 2.67. The van der Waals surface area contributed by atoms with Crippen LogP contribution in [0.2, 0.25) is 0 Å². The molecular formula is C18H25N3O. The molecule has 2 aromatic rings. The van der Waals surface area contributed by atoms with E-state index in [0.717, 1.165) is 29.9 Å². The molecule has 0 atom stereocenters. The van der Waals surface area contributed by atoms with E-state index in [0.29, 0.717) is 6.54 Å². The number of nitrogens with one attached hydrogen (secondary N) is 1. The minimum Gasteiger partial charge on any atom is -0.323 e. The van der Waals surface area contributed by atoms with Crippen molar-refractivity contribution in [2.24, 2.45) is 5.92 Å². The predicted octanol–water partition coefficient (Wildman–Crippen LogP) is 3.92. The van der Waals surface area contributed by atoms with Crippen molar-refractivity contribution >= 4 is 11.6 Å². The van der Waals surface area contributed by atoms with Gasteiger partial charge in [0.2, 0.25) is 5.91 Å². The first-order valence-electron chi connectivity index (χ1n) is 7.95. The number of hydrogen-bond donors (Lipinski definition) is 1. The van der Waals surface area contributed by atoms with Crippen LogP contribution in [0.1, 0.15) is 43.6 Å². The lowest BCUT2D eigenvalue weighted by molar-refractivity contribution is -0.120. The average Bonchev–Trinajstić information content (AvgIpc) is 2.77. The van der Waals surface area contributed by atoms with Crippen molar-refractivity contribution in [1.29, 1.82) is 0 Å². The summed E-state index contributed by atoms with van der Waals surface area (Å²) in [4.78, 5) is 12.3. The van der Waals surface area contributed by atoms with Gasteiger partial charge >= 0.3 is 0 Å². The first kappa shape index (κ1) is 16.3. The van der Waals surface area contributed by atoms with Crippen molar-refractivity contribution in [2.45, 2.75) is 47.1 Å². The summed E-state index contributed by atoms with van der Waals surface area (Å²) in [5, 5.41) is 7.64. The molecule has 1 N–H and O–H groups in total. The molecule has 1 amide bonds. The van der Waals surface area contributed by atoms with Crippen LogP contribution in [0.25, 0.3) is 0 Å². The second-order valence-corrected chi connectivity index (χ2v) is 5.69. The van der Waals surface area contributed by atoms with Crippen molar-refractivity contribution in [1.82, 2.24) is 9.78 Å². The predicted molar refractivity (Wildman–Crippen MR) is 89.9 cm³/mol. The monoisotopic (exact) mass is 299 g/mol. The van der Waals surface area contributed by atoms with Gasteiger partial charge in [-0.1, -0.05) is 44.2 Å². The summed E-state index contributed by atoms with van der Waals surface area (Å²) in [5.41, 5.74) is 3.92. The number of hydrogen-bond acceptors (Lipinski definition) is 2. The topological polar surface area (TPSA) is 46.9 Å². The van der Waals surface area contributed by atoms with E-state index in [1.807, 2.05) is 50.6 Å². The maximum atomic E-state index is 12.3. The standard InChI is InChI=1S/C18H25N3O/c1-5-16(6-2)18(22)19-17-13(3)20-21(14(17)4)12-15-10-8-7-9-11-15/h7-11,16H,5-6,12H2,1-4H3,(H,19,22). The highest BCUT2D eigenvalue weighted by atomic mass is 16.1. The van der Waals surface area contributed by atoms with Gasteiger partial charge < -0.3 is 5.32 Å². The van der Waals surface area contributed by atoms with Crippen molar-refractivity contribution in [3.8, 4) is 0 Å². The van der Waals surface area contributed by atoms with E-state index in [4.69, 9.17) is 0 Å². The fourth-order valence-electron chi connectivity index (χ4n) is 2.67. The minimum atomic E-state index is 0.0660. The lowest BCUT2D eigenvalue weighted by Crippen LogP contribution is -2.22. The third kappa shape index (κ3) is 3.56. The SMILES string of the molecule is CCC(CC)C(=O)Nc1c(C)nn(Cc2ccccc2)c1C. The third-order valence-electron chi connectivity index (χ3n) is 4.16. The summed E-state index contributed by atoms with van der Waals surface area (Å²) in [5.74, 6) is 0.159. The zero-order valence-electron chi connectivity index (χ0n) is 13.9. The highest BCUT2D eigenvalue weighted by Gasteiger charge is 2.19. The van der Waals surface area contributed by atoms with Gasteiger partial charge in [0.05, 0.1) is 23.6 Å². The van der Waals surface area contributed by atoms with Crippen LogP contribution in [-0.2, 0) is 11.3 Å². The molecule has 1 aromatic carbocycles. The molecule has 0 fully saturated rings. The maximum Gasteiger partial charge on any atom is 0.227 e. The molecule has 0 saturated heterocycles. The summed E-state index contributed by atoms with van der Waals surface area (Å²) < 4.78 is 1.95. The molecule has 1 aromatic heterocycles. The van der Waals surface area contributed by atoms with Gasteiger partial charge in [0, 0.05) is 5.92 Å². The van der Waals surface area contributed by atoms with E-state index in [-0.39, 0.29) is 11.8 Å². The van der Waals surface area contributed by atoms with Crippen LogP contribution < -0.4 is 5.32 Å². The van der Waals surface area contributed by atoms with E-state index in [1.165, 1.54) is 5.56 Å². The van der Waals surface area contributed by atoms with Gasteiger partial charge in [0.1, 0.15) is 0 Å². The molecule has 2 rings (SSSR count). The third-order valence-corrected chi connectivity index (χ3v) is 4.16. The molecule has 4 heteroatoms. The molecule has 0 aliphatic carbocycles. The number of amides is 1. The molecular weight excluding hydrogens is 274 g/mol. The largest absolute Gasteiger partial charge is 0.323 e. The highest BCUT2D eigenvalue weighted by Crippen LogP contribution is 2.22. The molecule has 0 aliphatic rings.